The van der Waals surface area contributed by atoms with Gasteiger partial charge in [-0.25, -0.2) is 0 Å². The van der Waals surface area contributed by atoms with Crippen molar-refractivity contribution in [1.29, 1.82) is 0 Å². The molecule has 0 aliphatic carbocycles. The van der Waals surface area contributed by atoms with Gasteiger partial charge in [-0.3, -0.25) is 4.79 Å². The molecule has 0 heterocycles. The molecule has 1 unspecified atom stereocenters. The van der Waals surface area contributed by atoms with Crippen molar-refractivity contribution in [2.75, 3.05) is 0 Å². The summed E-state index contributed by atoms with van der Waals surface area (Å²) in [5, 5.41) is 0. The van der Waals surface area contributed by atoms with E-state index in [1.54, 1.807) is 0 Å². The zero-order valence-corrected chi connectivity index (χ0v) is 12.5. The molecule has 2 aromatic carbocycles. The zero-order chi connectivity index (χ0) is 14.5. The van der Waals surface area contributed by atoms with Gasteiger partial charge in [0.05, 0.1) is 0 Å². The summed E-state index contributed by atoms with van der Waals surface area (Å²) in [6.45, 7) is 6.37. The van der Waals surface area contributed by atoms with Gasteiger partial charge >= 0.3 is 0 Å². The molecule has 0 saturated heterocycles. The maximum Gasteiger partial charge on any atom is 0.170 e. The molecule has 2 rings (SSSR count). The third-order valence-electron chi connectivity index (χ3n) is 3.55. The van der Waals surface area contributed by atoms with Crippen LogP contribution in [0.1, 0.15) is 48.2 Å². The maximum atomic E-state index is 12.6. The van der Waals surface area contributed by atoms with Gasteiger partial charge in [0.15, 0.2) is 5.78 Å². The molecule has 0 spiro atoms. The number of ketones is 1. The molecule has 0 N–H and O–H groups in total. The predicted octanol–water partition coefficient (Wildman–Crippen LogP) is 4.87. The quantitative estimate of drug-likeness (QED) is 0.705. The Bertz CT molecular complexity index is 569. The SMILES string of the molecule is CC(C)Cc1cccc(C(=O)C(C)c2ccccc2)c1. The number of hydrogen-bond acceptors (Lipinski definition) is 1. The molecule has 1 heteroatoms. The van der Waals surface area contributed by atoms with E-state index in [-0.39, 0.29) is 11.7 Å². The van der Waals surface area contributed by atoms with E-state index in [0.717, 1.165) is 17.5 Å². The van der Waals surface area contributed by atoms with Gasteiger partial charge in [-0.1, -0.05) is 69.3 Å². The topological polar surface area (TPSA) is 17.1 Å². The van der Waals surface area contributed by atoms with Gasteiger partial charge in [-0.15, -0.1) is 0 Å². The van der Waals surface area contributed by atoms with Crippen LogP contribution in [0.25, 0.3) is 0 Å². The molecule has 0 bridgehead atoms. The van der Waals surface area contributed by atoms with E-state index in [9.17, 15) is 4.79 Å². The lowest BCUT2D eigenvalue weighted by atomic mass is 9.91. The van der Waals surface area contributed by atoms with Crippen LogP contribution in [0.3, 0.4) is 0 Å². The second-order valence-electron chi connectivity index (χ2n) is 5.79. The molecule has 1 nitrogen and oxygen atoms in total. The summed E-state index contributed by atoms with van der Waals surface area (Å²) >= 11 is 0. The highest BCUT2D eigenvalue weighted by atomic mass is 16.1. The molecule has 1 atom stereocenters. The molecular formula is C19H22O. The highest BCUT2D eigenvalue weighted by Gasteiger charge is 2.17. The summed E-state index contributed by atoms with van der Waals surface area (Å²) in [5.41, 5.74) is 3.14. The van der Waals surface area contributed by atoms with Gasteiger partial charge in [-0.2, -0.15) is 0 Å². The number of benzene rings is 2. The molecule has 0 radical (unpaired) electrons. The molecule has 0 amide bonds. The third kappa shape index (κ3) is 3.57. The van der Waals surface area contributed by atoms with E-state index in [0.29, 0.717) is 5.92 Å². The summed E-state index contributed by atoms with van der Waals surface area (Å²) in [7, 11) is 0. The van der Waals surface area contributed by atoms with Crippen molar-refractivity contribution in [3.8, 4) is 0 Å². The van der Waals surface area contributed by atoms with E-state index >= 15 is 0 Å². The van der Waals surface area contributed by atoms with Crippen LogP contribution >= 0.6 is 0 Å². The minimum absolute atomic E-state index is 0.0921. The van der Waals surface area contributed by atoms with Crippen LogP contribution in [0.15, 0.2) is 54.6 Å². The summed E-state index contributed by atoms with van der Waals surface area (Å²) in [6, 6.07) is 18.0. The Labute approximate surface area is 121 Å². The fraction of sp³-hybridized carbons (Fsp3) is 0.316. The van der Waals surface area contributed by atoms with Crippen molar-refractivity contribution in [3.05, 3.63) is 71.3 Å². The largest absolute Gasteiger partial charge is 0.294 e. The number of rotatable bonds is 5. The summed E-state index contributed by atoms with van der Waals surface area (Å²) in [4.78, 5) is 12.6. The van der Waals surface area contributed by atoms with Crippen molar-refractivity contribution in [2.24, 2.45) is 5.92 Å². The number of Topliss-reactive ketones (excluding diaryl/α,β-unsaturated/α-hetero) is 1. The van der Waals surface area contributed by atoms with Crippen LogP contribution in [0.4, 0.5) is 0 Å². The standard InChI is InChI=1S/C19H22O/c1-14(2)12-16-8-7-11-18(13-16)19(20)15(3)17-9-5-4-6-10-17/h4-11,13-15H,12H2,1-3H3. The first-order chi connectivity index (χ1) is 9.58. The van der Waals surface area contributed by atoms with Crippen molar-refractivity contribution in [2.45, 2.75) is 33.1 Å². The van der Waals surface area contributed by atoms with Gasteiger partial charge in [-0.05, 0) is 29.5 Å². The van der Waals surface area contributed by atoms with E-state index < -0.39 is 0 Å². The minimum atomic E-state index is -0.0921. The molecule has 0 saturated carbocycles. The molecule has 0 aliphatic heterocycles. The molecule has 20 heavy (non-hydrogen) atoms. The Balaban J connectivity index is 2.21. The fourth-order valence-electron chi connectivity index (χ4n) is 2.47. The van der Waals surface area contributed by atoms with Crippen molar-refractivity contribution in [3.63, 3.8) is 0 Å². The monoisotopic (exact) mass is 266 g/mol. The van der Waals surface area contributed by atoms with Crippen LogP contribution in [0.5, 0.6) is 0 Å². The van der Waals surface area contributed by atoms with E-state index in [2.05, 4.69) is 19.9 Å². The zero-order valence-electron chi connectivity index (χ0n) is 12.5. The molecule has 0 fully saturated rings. The van der Waals surface area contributed by atoms with Crippen LogP contribution in [-0.4, -0.2) is 5.78 Å². The Kier molecular flexibility index (Phi) is 4.73. The van der Waals surface area contributed by atoms with Crippen molar-refractivity contribution in [1.82, 2.24) is 0 Å². The lowest BCUT2D eigenvalue weighted by Gasteiger charge is -2.12. The molecule has 2 aromatic rings. The Hall–Kier alpha value is -1.89. The first-order valence-electron chi connectivity index (χ1n) is 7.26. The molecule has 0 aliphatic rings. The second-order valence-corrected chi connectivity index (χ2v) is 5.79. The first kappa shape index (κ1) is 14.5. The van der Waals surface area contributed by atoms with Crippen molar-refractivity contribution >= 4 is 5.78 Å². The average Bonchev–Trinajstić information content (AvgIpc) is 2.46. The van der Waals surface area contributed by atoms with Gasteiger partial charge in [0.25, 0.3) is 0 Å². The number of hydrogen-bond donors (Lipinski definition) is 0. The summed E-state index contributed by atoms with van der Waals surface area (Å²) in [5.74, 6) is 0.708. The Morgan fingerprint density at radius 1 is 0.950 bits per heavy atom. The number of carbonyl (C=O) groups excluding carboxylic acids is 1. The molecule has 0 aromatic heterocycles. The number of carbonyl (C=O) groups is 1. The fourth-order valence-corrected chi connectivity index (χ4v) is 2.47. The minimum Gasteiger partial charge on any atom is -0.294 e. The normalized spacial score (nSPS) is 12.4. The Morgan fingerprint density at radius 2 is 1.65 bits per heavy atom. The summed E-state index contributed by atoms with van der Waals surface area (Å²) in [6.07, 6.45) is 1.01. The average molecular weight is 266 g/mol. The van der Waals surface area contributed by atoms with Crippen molar-refractivity contribution < 1.29 is 4.79 Å². The van der Waals surface area contributed by atoms with Gasteiger partial charge < -0.3 is 0 Å². The van der Waals surface area contributed by atoms with Gasteiger partial charge in [0, 0.05) is 11.5 Å². The van der Waals surface area contributed by atoms with Crippen LogP contribution in [0, 0.1) is 5.92 Å². The maximum absolute atomic E-state index is 12.6. The van der Waals surface area contributed by atoms with Gasteiger partial charge in [0.1, 0.15) is 0 Å². The highest BCUT2D eigenvalue weighted by Crippen LogP contribution is 2.21. The van der Waals surface area contributed by atoms with Crippen LogP contribution in [-0.2, 0) is 6.42 Å². The van der Waals surface area contributed by atoms with E-state index in [1.165, 1.54) is 5.56 Å². The van der Waals surface area contributed by atoms with Gasteiger partial charge in [0.2, 0.25) is 0 Å². The lowest BCUT2D eigenvalue weighted by molar-refractivity contribution is 0.0966. The predicted molar refractivity (Wildman–Crippen MR) is 84.2 cm³/mol. The van der Waals surface area contributed by atoms with Crippen LogP contribution < -0.4 is 0 Å². The Morgan fingerprint density at radius 3 is 2.30 bits per heavy atom. The first-order valence-corrected chi connectivity index (χ1v) is 7.26. The summed E-state index contributed by atoms with van der Waals surface area (Å²) < 4.78 is 0. The second kappa shape index (κ2) is 6.51. The molecule has 104 valence electrons. The third-order valence-corrected chi connectivity index (χ3v) is 3.55. The van der Waals surface area contributed by atoms with Crippen LogP contribution in [0.2, 0.25) is 0 Å². The molecular weight excluding hydrogens is 244 g/mol. The lowest BCUT2D eigenvalue weighted by Crippen LogP contribution is -2.10. The van der Waals surface area contributed by atoms with E-state index in [1.807, 2.05) is 55.5 Å². The smallest absolute Gasteiger partial charge is 0.170 e. The van der Waals surface area contributed by atoms with E-state index in [4.69, 9.17) is 0 Å². The highest BCUT2D eigenvalue weighted by molar-refractivity contribution is 6.00.